The second-order valence-corrected chi connectivity index (χ2v) is 5.96. The van der Waals surface area contributed by atoms with Crippen molar-refractivity contribution in [3.8, 4) is 11.5 Å². The molecule has 1 aromatic carbocycles. The molecule has 1 aromatic rings. The summed E-state index contributed by atoms with van der Waals surface area (Å²) in [5.74, 6) is -3.18. The summed E-state index contributed by atoms with van der Waals surface area (Å²) in [5.41, 5.74) is -0.958. The maximum absolute atomic E-state index is 14.2. The molecule has 7 heteroatoms. The van der Waals surface area contributed by atoms with Gasteiger partial charge in [0.1, 0.15) is 11.3 Å². The van der Waals surface area contributed by atoms with E-state index in [-0.39, 0.29) is 25.1 Å². The lowest BCUT2D eigenvalue weighted by Gasteiger charge is -2.27. The monoisotopic (exact) mass is 360 g/mol. The van der Waals surface area contributed by atoms with Crippen LogP contribution in [0.15, 0.2) is 12.1 Å². The molecule has 1 aliphatic heterocycles. The van der Waals surface area contributed by atoms with Crippen LogP contribution >= 0.6 is 0 Å². The van der Waals surface area contributed by atoms with Crippen LogP contribution in [0.3, 0.4) is 0 Å². The predicted molar refractivity (Wildman–Crippen MR) is 85.5 cm³/mol. The molecule has 1 aliphatic rings. The minimum Gasteiger partial charge on any atom is -0.491 e. The van der Waals surface area contributed by atoms with Crippen molar-refractivity contribution >= 4 is 5.97 Å². The SMILES string of the molecule is CCCC1CCC(C(=O)Oc2ccc(OCC)c(F)c2C(F)F)CO1. The molecule has 2 unspecified atom stereocenters. The lowest BCUT2D eigenvalue weighted by Crippen LogP contribution is -2.33. The normalized spacial score (nSPS) is 20.6. The van der Waals surface area contributed by atoms with Gasteiger partial charge in [-0.25, -0.2) is 13.2 Å². The molecule has 0 aromatic heterocycles. The van der Waals surface area contributed by atoms with Gasteiger partial charge in [0.15, 0.2) is 11.6 Å². The Kier molecular flexibility index (Phi) is 7.11. The van der Waals surface area contributed by atoms with Crippen molar-refractivity contribution < 1.29 is 32.2 Å². The van der Waals surface area contributed by atoms with Gasteiger partial charge in [-0.2, -0.15) is 0 Å². The average molecular weight is 360 g/mol. The molecule has 0 radical (unpaired) electrons. The van der Waals surface area contributed by atoms with Crippen molar-refractivity contribution in [1.82, 2.24) is 0 Å². The summed E-state index contributed by atoms with van der Waals surface area (Å²) in [6.45, 7) is 3.99. The topological polar surface area (TPSA) is 44.8 Å². The maximum atomic E-state index is 14.2. The number of hydrogen-bond donors (Lipinski definition) is 0. The number of alkyl halides is 2. The van der Waals surface area contributed by atoms with Gasteiger partial charge in [0, 0.05) is 0 Å². The van der Waals surface area contributed by atoms with Gasteiger partial charge in [0.05, 0.1) is 25.2 Å². The zero-order valence-corrected chi connectivity index (χ0v) is 14.4. The van der Waals surface area contributed by atoms with Crippen molar-refractivity contribution in [2.24, 2.45) is 5.92 Å². The smallest absolute Gasteiger partial charge is 0.316 e. The fourth-order valence-corrected chi connectivity index (χ4v) is 2.85. The molecule has 0 aliphatic carbocycles. The first kappa shape index (κ1) is 19.6. The third kappa shape index (κ3) is 4.87. The molecule has 0 saturated carbocycles. The summed E-state index contributed by atoms with van der Waals surface area (Å²) >= 11 is 0. The van der Waals surface area contributed by atoms with Gasteiger partial charge in [-0.15, -0.1) is 0 Å². The number of ether oxygens (including phenoxy) is 3. The highest BCUT2D eigenvalue weighted by Crippen LogP contribution is 2.37. The van der Waals surface area contributed by atoms with Crippen LogP contribution in [0.4, 0.5) is 13.2 Å². The van der Waals surface area contributed by atoms with E-state index in [0.717, 1.165) is 18.9 Å². The molecule has 2 atom stereocenters. The molecular weight excluding hydrogens is 337 g/mol. The number of halogens is 3. The Morgan fingerprint density at radius 1 is 1.28 bits per heavy atom. The van der Waals surface area contributed by atoms with E-state index in [2.05, 4.69) is 6.92 Å². The van der Waals surface area contributed by atoms with Crippen molar-refractivity contribution in [3.63, 3.8) is 0 Å². The zero-order valence-electron chi connectivity index (χ0n) is 14.4. The third-order valence-corrected chi connectivity index (χ3v) is 4.15. The highest BCUT2D eigenvalue weighted by atomic mass is 19.3. The average Bonchev–Trinajstić information content (AvgIpc) is 2.58. The van der Waals surface area contributed by atoms with E-state index in [0.29, 0.717) is 12.8 Å². The van der Waals surface area contributed by atoms with Crippen molar-refractivity contribution in [2.45, 2.75) is 52.1 Å². The number of benzene rings is 1. The van der Waals surface area contributed by atoms with Gasteiger partial charge < -0.3 is 14.2 Å². The van der Waals surface area contributed by atoms with Crippen LogP contribution in [0, 0.1) is 11.7 Å². The Balaban J connectivity index is 2.09. The summed E-state index contributed by atoms with van der Waals surface area (Å²) in [4.78, 5) is 12.2. The first-order chi connectivity index (χ1) is 12.0. The highest BCUT2D eigenvalue weighted by molar-refractivity contribution is 5.76. The molecule has 140 valence electrons. The van der Waals surface area contributed by atoms with Gasteiger partial charge in [-0.3, -0.25) is 4.79 Å². The number of rotatable bonds is 7. The van der Waals surface area contributed by atoms with Crippen LogP contribution in [0.25, 0.3) is 0 Å². The number of carbonyl (C=O) groups is 1. The summed E-state index contributed by atoms with van der Waals surface area (Å²) in [6, 6.07) is 2.32. The molecule has 0 bridgehead atoms. The van der Waals surface area contributed by atoms with Crippen LogP contribution in [-0.2, 0) is 9.53 Å². The quantitative estimate of drug-likeness (QED) is 0.524. The van der Waals surface area contributed by atoms with E-state index < -0.39 is 35.4 Å². The molecule has 25 heavy (non-hydrogen) atoms. The molecule has 0 spiro atoms. The lowest BCUT2D eigenvalue weighted by molar-refractivity contribution is -0.145. The van der Waals surface area contributed by atoms with Gasteiger partial charge in [0.2, 0.25) is 0 Å². The number of esters is 1. The number of hydrogen-bond acceptors (Lipinski definition) is 4. The molecular formula is C18H23F3O4. The van der Waals surface area contributed by atoms with Gasteiger partial charge in [-0.05, 0) is 38.3 Å². The van der Waals surface area contributed by atoms with Crippen molar-refractivity contribution in [1.29, 1.82) is 0 Å². The van der Waals surface area contributed by atoms with Crippen molar-refractivity contribution in [2.75, 3.05) is 13.2 Å². The molecule has 0 N–H and O–H groups in total. The largest absolute Gasteiger partial charge is 0.491 e. The van der Waals surface area contributed by atoms with Gasteiger partial charge >= 0.3 is 5.97 Å². The molecule has 1 fully saturated rings. The fourth-order valence-electron chi connectivity index (χ4n) is 2.85. The Morgan fingerprint density at radius 3 is 2.56 bits per heavy atom. The maximum Gasteiger partial charge on any atom is 0.316 e. The van der Waals surface area contributed by atoms with Gasteiger partial charge in [0.25, 0.3) is 6.43 Å². The molecule has 1 saturated heterocycles. The highest BCUT2D eigenvalue weighted by Gasteiger charge is 2.30. The van der Waals surface area contributed by atoms with Crippen LogP contribution in [0.2, 0.25) is 0 Å². The van der Waals surface area contributed by atoms with Crippen molar-refractivity contribution in [3.05, 3.63) is 23.5 Å². The van der Waals surface area contributed by atoms with Crippen LogP contribution in [-0.4, -0.2) is 25.3 Å². The minimum absolute atomic E-state index is 0.119. The van der Waals surface area contributed by atoms with E-state index in [1.165, 1.54) is 6.07 Å². The Hall–Kier alpha value is -1.76. The van der Waals surface area contributed by atoms with E-state index >= 15 is 0 Å². The first-order valence-corrected chi connectivity index (χ1v) is 8.54. The summed E-state index contributed by atoms with van der Waals surface area (Å²) in [7, 11) is 0. The van der Waals surface area contributed by atoms with E-state index in [9.17, 15) is 18.0 Å². The molecule has 1 heterocycles. The summed E-state index contributed by atoms with van der Waals surface area (Å²) < 4.78 is 56.3. The van der Waals surface area contributed by atoms with E-state index in [4.69, 9.17) is 14.2 Å². The van der Waals surface area contributed by atoms with E-state index in [1.807, 2.05) is 0 Å². The Labute approximate surface area is 145 Å². The first-order valence-electron chi connectivity index (χ1n) is 8.54. The number of carbonyl (C=O) groups excluding carboxylic acids is 1. The second kappa shape index (κ2) is 9.08. The summed E-state index contributed by atoms with van der Waals surface area (Å²) in [5, 5.41) is 0. The minimum atomic E-state index is -3.13. The summed E-state index contributed by atoms with van der Waals surface area (Å²) in [6.07, 6.45) is 0.179. The predicted octanol–water partition coefficient (Wildman–Crippen LogP) is 4.66. The molecule has 4 nitrogen and oxygen atoms in total. The Bertz CT molecular complexity index is 584. The zero-order chi connectivity index (χ0) is 18.4. The lowest BCUT2D eigenvalue weighted by atomic mass is 9.96. The van der Waals surface area contributed by atoms with Crippen LogP contribution in [0.5, 0.6) is 11.5 Å². The molecule has 0 amide bonds. The van der Waals surface area contributed by atoms with E-state index in [1.54, 1.807) is 6.92 Å². The van der Waals surface area contributed by atoms with Crippen LogP contribution in [0.1, 0.15) is 51.5 Å². The standard InChI is InChI=1S/C18H23F3O4/c1-3-5-12-7-6-11(10-24-12)18(22)25-13-8-9-14(23-4-2)16(19)15(13)17(20)21/h8-9,11-12,17H,3-7,10H2,1-2H3. The fraction of sp³-hybridized carbons (Fsp3) is 0.611. The second-order valence-electron chi connectivity index (χ2n) is 5.96. The third-order valence-electron chi connectivity index (χ3n) is 4.15. The van der Waals surface area contributed by atoms with Gasteiger partial charge in [-0.1, -0.05) is 13.3 Å². The Morgan fingerprint density at radius 2 is 2.00 bits per heavy atom. The molecule has 2 rings (SSSR count). The van der Waals surface area contributed by atoms with Crippen LogP contribution < -0.4 is 9.47 Å².